The number of carbonyl (C=O) groups is 2. The second-order valence-corrected chi connectivity index (χ2v) is 8.08. The van der Waals surface area contributed by atoms with Crippen LogP contribution in [0, 0.1) is 5.82 Å². The van der Waals surface area contributed by atoms with E-state index in [9.17, 15) is 18.8 Å². The molecule has 0 aliphatic carbocycles. The van der Waals surface area contributed by atoms with Crippen molar-refractivity contribution in [1.82, 2.24) is 9.97 Å². The number of aryl methyl sites for hydroxylation is 1. The standard InChI is InChI=1S/C22H19FN4O3S/c23-15-8-4-5-9-16(15)24-20(29)14-12-17(28)25-19-18(14)21(30)27-22(26-19)31-11-10-13-6-2-1-3-7-13/h1-9,14H,10-12H2,(H,24,29)(H2,25,26,27,28,30). The van der Waals surface area contributed by atoms with E-state index in [2.05, 4.69) is 20.6 Å². The molecule has 1 aliphatic rings. The number of H-pyrrole nitrogens is 1. The average molecular weight is 438 g/mol. The fourth-order valence-electron chi connectivity index (χ4n) is 3.34. The van der Waals surface area contributed by atoms with E-state index >= 15 is 0 Å². The molecule has 158 valence electrons. The molecule has 0 radical (unpaired) electrons. The van der Waals surface area contributed by atoms with Gasteiger partial charge in [-0.1, -0.05) is 54.2 Å². The third kappa shape index (κ3) is 4.83. The molecule has 31 heavy (non-hydrogen) atoms. The Morgan fingerprint density at radius 3 is 2.65 bits per heavy atom. The summed E-state index contributed by atoms with van der Waals surface area (Å²) in [5, 5.41) is 5.38. The summed E-state index contributed by atoms with van der Waals surface area (Å²) in [5.41, 5.74) is 0.715. The predicted molar refractivity (Wildman–Crippen MR) is 117 cm³/mol. The Hall–Kier alpha value is -3.46. The van der Waals surface area contributed by atoms with E-state index in [-0.39, 0.29) is 23.5 Å². The third-order valence-electron chi connectivity index (χ3n) is 4.85. The van der Waals surface area contributed by atoms with Crippen molar-refractivity contribution in [2.45, 2.75) is 23.9 Å². The molecule has 1 atom stereocenters. The first kappa shape index (κ1) is 20.8. The number of benzene rings is 2. The summed E-state index contributed by atoms with van der Waals surface area (Å²) < 4.78 is 13.9. The van der Waals surface area contributed by atoms with Gasteiger partial charge in [0.05, 0.1) is 17.2 Å². The summed E-state index contributed by atoms with van der Waals surface area (Å²) in [6, 6.07) is 15.6. The van der Waals surface area contributed by atoms with E-state index in [0.717, 1.165) is 12.0 Å². The maximum absolute atomic E-state index is 13.9. The normalized spacial score (nSPS) is 15.1. The Balaban J connectivity index is 1.53. The molecule has 3 aromatic rings. The summed E-state index contributed by atoms with van der Waals surface area (Å²) in [5.74, 6) is -2.00. The maximum Gasteiger partial charge on any atom is 0.257 e. The van der Waals surface area contributed by atoms with Gasteiger partial charge in [-0.15, -0.1) is 0 Å². The number of nitrogens with one attached hydrogen (secondary N) is 3. The molecular weight excluding hydrogens is 419 g/mol. The number of anilines is 2. The van der Waals surface area contributed by atoms with Crippen molar-refractivity contribution in [2.24, 2.45) is 0 Å². The minimum Gasteiger partial charge on any atom is -0.323 e. The molecule has 2 aromatic carbocycles. The van der Waals surface area contributed by atoms with E-state index in [4.69, 9.17) is 0 Å². The lowest BCUT2D eigenvalue weighted by atomic mass is 9.92. The Bertz CT molecular complexity index is 1180. The van der Waals surface area contributed by atoms with Crippen molar-refractivity contribution < 1.29 is 14.0 Å². The van der Waals surface area contributed by atoms with Crippen molar-refractivity contribution in [3.05, 3.63) is 81.9 Å². The molecule has 2 amide bonds. The molecule has 1 aromatic heterocycles. The highest BCUT2D eigenvalue weighted by atomic mass is 32.2. The zero-order valence-corrected chi connectivity index (χ0v) is 17.2. The fourth-order valence-corrected chi connectivity index (χ4v) is 4.19. The molecule has 0 spiro atoms. The fraction of sp³-hybridized carbons (Fsp3) is 0.182. The van der Waals surface area contributed by atoms with Gasteiger partial charge in [0, 0.05) is 12.2 Å². The molecule has 0 saturated carbocycles. The van der Waals surface area contributed by atoms with E-state index in [1.54, 1.807) is 6.07 Å². The van der Waals surface area contributed by atoms with Gasteiger partial charge in [-0.3, -0.25) is 14.4 Å². The lowest BCUT2D eigenvalue weighted by Gasteiger charge is -2.23. The van der Waals surface area contributed by atoms with Gasteiger partial charge in [0.2, 0.25) is 11.8 Å². The number of para-hydroxylation sites is 1. The second-order valence-electron chi connectivity index (χ2n) is 6.99. The van der Waals surface area contributed by atoms with Crippen LogP contribution in [0.3, 0.4) is 0 Å². The number of rotatable bonds is 6. The van der Waals surface area contributed by atoms with Gasteiger partial charge >= 0.3 is 0 Å². The number of carbonyl (C=O) groups excluding carboxylic acids is 2. The van der Waals surface area contributed by atoms with Crippen molar-refractivity contribution in [3.8, 4) is 0 Å². The van der Waals surface area contributed by atoms with E-state index in [1.807, 2.05) is 30.3 Å². The molecule has 0 saturated heterocycles. The quantitative estimate of drug-likeness (QED) is 0.405. The Morgan fingerprint density at radius 1 is 1.13 bits per heavy atom. The molecular formula is C22H19FN4O3S. The van der Waals surface area contributed by atoms with Crippen LogP contribution >= 0.6 is 11.8 Å². The van der Waals surface area contributed by atoms with Crippen LogP contribution in [-0.4, -0.2) is 27.5 Å². The largest absolute Gasteiger partial charge is 0.323 e. The van der Waals surface area contributed by atoms with Gasteiger partial charge in [0.25, 0.3) is 5.56 Å². The molecule has 0 fully saturated rings. The van der Waals surface area contributed by atoms with Crippen molar-refractivity contribution in [2.75, 3.05) is 16.4 Å². The first-order valence-corrected chi connectivity index (χ1v) is 10.7. The average Bonchev–Trinajstić information content (AvgIpc) is 2.75. The summed E-state index contributed by atoms with van der Waals surface area (Å²) in [7, 11) is 0. The lowest BCUT2D eigenvalue weighted by Crippen LogP contribution is -2.36. The Kier molecular flexibility index (Phi) is 6.13. The van der Waals surface area contributed by atoms with Crippen LogP contribution in [-0.2, 0) is 16.0 Å². The minimum atomic E-state index is -1.07. The number of amides is 2. The van der Waals surface area contributed by atoms with Crippen LogP contribution in [0.1, 0.15) is 23.5 Å². The van der Waals surface area contributed by atoms with Crippen LogP contribution in [0.15, 0.2) is 64.5 Å². The van der Waals surface area contributed by atoms with Gasteiger partial charge in [-0.05, 0) is 24.1 Å². The van der Waals surface area contributed by atoms with Gasteiger partial charge in [-0.2, -0.15) is 0 Å². The highest BCUT2D eigenvalue weighted by Gasteiger charge is 2.35. The van der Waals surface area contributed by atoms with Gasteiger partial charge in [0.15, 0.2) is 5.16 Å². The van der Waals surface area contributed by atoms with Crippen LogP contribution in [0.5, 0.6) is 0 Å². The number of aromatic amines is 1. The van der Waals surface area contributed by atoms with Crippen molar-refractivity contribution in [3.63, 3.8) is 0 Å². The summed E-state index contributed by atoms with van der Waals surface area (Å²) in [6.07, 6.45) is 0.560. The van der Waals surface area contributed by atoms with E-state index < -0.39 is 29.1 Å². The summed E-state index contributed by atoms with van der Waals surface area (Å²) in [6.45, 7) is 0. The SMILES string of the molecule is O=C1CC(C(=O)Nc2ccccc2F)c2c(nc(SCCc3ccccc3)[nH]c2=O)N1. The number of thioether (sulfide) groups is 1. The van der Waals surface area contributed by atoms with Crippen LogP contribution in [0.2, 0.25) is 0 Å². The first-order chi connectivity index (χ1) is 15.0. The van der Waals surface area contributed by atoms with Crippen molar-refractivity contribution in [1.29, 1.82) is 0 Å². The van der Waals surface area contributed by atoms with Crippen molar-refractivity contribution >= 4 is 35.1 Å². The lowest BCUT2D eigenvalue weighted by molar-refractivity contribution is -0.123. The number of fused-ring (bicyclic) bond motifs is 1. The van der Waals surface area contributed by atoms with E-state index in [1.165, 1.54) is 30.0 Å². The first-order valence-electron chi connectivity index (χ1n) is 9.67. The number of nitrogens with zero attached hydrogens (tertiary/aromatic N) is 1. The van der Waals surface area contributed by atoms with Gasteiger partial charge < -0.3 is 15.6 Å². The van der Waals surface area contributed by atoms with Crippen LogP contribution < -0.4 is 16.2 Å². The topological polar surface area (TPSA) is 104 Å². The molecule has 7 nitrogen and oxygen atoms in total. The Morgan fingerprint density at radius 2 is 1.87 bits per heavy atom. The monoisotopic (exact) mass is 438 g/mol. The van der Waals surface area contributed by atoms with Gasteiger partial charge in [-0.25, -0.2) is 9.37 Å². The number of hydrogen-bond acceptors (Lipinski definition) is 5. The molecule has 2 heterocycles. The van der Waals surface area contributed by atoms with E-state index in [0.29, 0.717) is 10.9 Å². The molecule has 1 unspecified atom stereocenters. The molecule has 1 aliphatic heterocycles. The summed E-state index contributed by atoms with van der Waals surface area (Å²) >= 11 is 1.35. The predicted octanol–water partition coefficient (Wildman–Crippen LogP) is 3.31. The van der Waals surface area contributed by atoms with Gasteiger partial charge in [0.1, 0.15) is 11.6 Å². The number of halogens is 1. The molecule has 4 rings (SSSR count). The number of aromatic nitrogens is 2. The van der Waals surface area contributed by atoms with Crippen LogP contribution in [0.4, 0.5) is 15.9 Å². The molecule has 9 heteroatoms. The molecule has 0 bridgehead atoms. The van der Waals surface area contributed by atoms with Crippen LogP contribution in [0.25, 0.3) is 0 Å². The zero-order chi connectivity index (χ0) is 21.8. The highest BCUT2D eigenvalue weighted by Crippen LogP contribution is 2.30. The third-order valence-corrected chi connectivity index (χ3v) is 5.72. The summed E-state index contributed by atoms with van der Waals surface area (Å²) in [4.78, 5) is 44.7. The Labute approximate surface area is 181 Å². The second kappa shape index (κ2) is 9.13. The zero-order valence-electron chi connectivity index (χ0n) is 16.4. The molecule has 3 N–H and O–H groups in total. The minimum absolute atomic E-state index is 0.0162. The number of hydrogen-bond donors (Lipinski definition) is 3. The highest BCUT2D eigenvalue weighted by molar-refractivity contribution is 7.99. The maximum atomic E-state index is 13.9. The smallest absolute Gasteiger partial charge is 0.257 e.